The number of methoxy groups -OCH3 is 1. The summed E-state index contributed by atoms with van der Waals surface area (Å²) in [5, 5.41) is 3.27. The monoisotopic (exact) mass is 358 g/mol. The van der Waals surface area contributed by atoms with Crippen molar-refractivity contribution in [1.29, 1.82) is 0 Å². The van der Waals surface area contributed by atoms with Gasteiger partial charge in [-0.15, -0.1) is 0 Å². The predicted octanol–water partition coefficient (Wildman–Crippen LogP) is 1.62. The molecule has 1 N–H and O–H groups in total. The number of halogens is 1. The zero-order chi connectivity index (χ0) is 17.7. The highest BCUT2D eigenvalue weighted by atomic mass is 32.2. The summed E-state index contributed by atoms with van der Waals surface area (Å²) in [5.41, 5.74) is -0.271. The molecule has 1 aliphatic rings. The van der Waals surface area contributed by atoms with Gasteiger partial charge in [0.25, 0.3) is 0 Å². The smallest absolute Gasteiger partial charge is 0.339 e. The van der Waals surface area contributed by atoms with Crippen molar-refractivity contribution in [3.05, 3.63) is 29.6 Å². The lowest BCUT2D eigenvalue weighted by Crippen LogP contribution is -2.41. The van der Waals surface area contributed by atoms with Crippen LogP contribution >= 0.6 is 0 Å². The van der Waals surface area contributed by atoms with Gasteiger partial charge in [-0.2, -0.15) is 4.31 Å². The van der Waals surface area contributed by atoms with Gasteiger partial charge in [0.05, 0.1) is 17.6 Å². The molecular weight excluding hydrogens is 335 g/mol. The first-order chi connectivity index (χ1) is 11.4. The summed E-state index contributed by atoms with van der Waals surface area (Å²) in [6.45, 7) is 4.56. The zero-order valence-corrected chi connectivity index (χ0v) is 14.7. The first-order valence-electron chi connectivity index (χ1n) is 7.98. The SMILES string of the molecule is CCNCC1CCN(S(=O)(=O)c2ccc(F)cc2C(=O)OC)CC1. The van der Waals surface area contributed by atoms with E-state index in [1.165, 1.54) is 4.31 Å². The largest absolute Gasteiger partial charge is 0.465 e. The topological polar surface area (TPSA) is 75.7 Å². The van der Waals surface area contributed by atoms with Crippen LogP contribution in [0.3, 0.4) is 0 Å². The number of esters is 1. The van der Waals surface area contributed by atoms with Gasteiger partial charge in [0.1, 0.15) is 5.82 Å². The second-order valence-corrected chi connectivity index (χ2v) is 7.69. The minimum absolute atomic E-state index is 0.208. The van der Waals surface area contributed by atoms with Gasteiger partial charge < -0.3 is 10.1 Å². The molecule has 8 heteroatoms. The van der Waals surface area contributed by atoms with Crippen LogP contribution in [0.1, 0.15) is 30.1 Å². The molecule has 0 saturated carbocycles. The average molecular weight is 358 g/mol. The number of hydrogen-bond donors (Lipinski definition) is 1. The second-order valence-electron chi connectivity index (χ2n) is 5.79. The molecule has 0 aromatic heterocycles. The van der Waals surface area contributed by atoms with E-state index in [4.69, 9.17) is 0 Å². The number of carbonyl (C=O) groups excluding carboxylic acids is 1. The molecule has 0 amide bonds. The van der Waals surface area contributed by atoms with Crippen LogP contribution in [0.4, 0.5) is 4.39 Å². The van der Waals surface area contributed by atoms with Crippen LogP contribution in [-0.2, 0) is 14.8 Å². The molecule has 6 nitrogen and oxygen atoms in total. The molecule has 2 rings (SSSR count). The van der Waals surface area contributed by atoms with Crippen molar-refractivity contribution >= 4 is 16.0 Å². The normalized spacial score (nSPS) is 17.0. The highest BCUT2D eigenvalue weighted by Crippen LogP contribution is 2.26. The van der Waals surface area contributed by atoms with Gasteiger partial charge in [0.2, 0.25) is 10.0 Å². The number of nitrogens with one attached hydrogen (secondary N) is 1. The molecule has 0 atom stereocenters. The van der Waals surface area contributed by atoms with Gasteiger partial charge in [-0.1, -0.05) is 6.92 Å². The van der Waals surface area contributed by atoms with E-state index in [2.05, 4.69) is 10.1 Å². The van der Waals surface area contributed by atoms with Crippen LogP contribution < -0.4 is 5.32 Å². The molecule has 1 fully saturated rings. The van der Waals surface area contributed by atoms with E-state index >= 15 is 0 Å². The van der Waals surface area contributed by atoms with Gasteiger partial charge in [-0.3, -0.25) is 0 Å². The fourth-order valence-electron chi connectivity index (χ4n) is 2.84. The summed E-state index contributed by atoms with van der Waals surface area (Å²) in [5.74, 6) is -1.11. The third kappa shape index (κ3) is 4.12. The summed E-state index contributed by atoms with van der Waals surface area (Å²) in [7, 11) is -2.73. The Hall–Kier alpha value is -1.51. The molecule has 134 valence electrons. The van der Waals surface area contributed by atoms with Crippen LogP contribution in [-0.4, -0.2) is 52.0 Å². The molecule has 24 heavy (non-hydrogen) atoms. The fraction of sp³-hybridized carbons (Fsp3) is 0.562. The number of piperidine rings is 1. The van der Waals surface area contributed by atoms with Crippen molar-refractivity contribution in [2.75, 3.05) is 33.3 Å². The first-order valence-corrected chi connectivity index (χ1v) is 9.43. The molecule has 0 aliphatic carbocycles. The Morgan fingerprint density at radius 1 is 1.38 bits per heavy atom. The van der Waals surface area contributed by atoms with Crippen LogP contribution in [0.15, 0.2) is 23.1 Å². The molecular formula is C16H23FN2O4S. The van der Waals surface area contributed by atoms with E-state index in [1.807, 2.05) is 6.92 Å². The number of ether oxygens (including phenoxy) is 1. The summed E-state index contributed by atoms with van der Waals surface area (Å²) in [4.78, 5) is 11.6. The molecule has 0 radical (unpaired) electrons. The summed E-state index contributed by atoms with van der Waals surface area (Å²) in [6, 6.07) is 3.07. The highest BCUT2D eigenvalue weighted by Gasteiger charge is 2.32. The summed E-state index contributed by atoms with van der Waals surface area (Å²) < 4.78 is 45.0. The van der Waals surface area contributed by atoms with Crippen molar-refractivity contribution < 1.29 is 22.3 Å². The van der Waals surface area contributed by atoms with Crippen molar-refractivity contribution in [1.82, 2.24) is 9.62 Å². The Labute approximate surface area is 142 Å². The lowest BCUT2D eigenvalue weighted by molar-refractivity contribution is 0.0595. The first kappa shape index (κ1) is 18.8. The summed E-state index contributed by atoms with van der Waals surface area (Å²) in [6.07, 6.45) is 1.50. The molecule has 0 bridgehead atoms. The third-order valence-electron chi connectivity index (χ3n) is 4.22. The Morgan fingerprint density at radius 2 is 2.04 bits per heavy atom. The quantitative estimate of drug-likeness (QED) is 0.782. The number of benzene rings is 1. The minimum atomic E-state index is -3.86. The van der Waals surface area contributed by atoms with Crippen molar-refractivity contribution in [3.8, 4) is 0 Å². The zero-order valence-electron chi connectivity index (χ0n) is 13.9. The second kappa shape index (κ2) is 8.04. The van der Waals surface area contributed by atoms with E-state index in [0.717, 1.165) is 51.2 Å². The number of carbonyl (C=O) groups is 1. The summed E-state index contributed by atoms with van der Waals surface area (Å²) >= 11 is 0. The molecule has 1 aliphatic heterocycles. The van der Waals surface area contributed by atoms with Crippen molar-refractivity contribution in [2.45, 2.75) is 24.7 Å². The van der Waals surface area contributed by atoms with Crippen LogP contribution in [0.2, 0.25) is 0 Å². The predicted molar refractivity (Wildman–Crippen MR) is 87.8 cm³/mol. The van der Waals surface area contributed by atoms with Gasteiger partial charge in [0.15, 0.2) is 0 Å². The number of nitrogens with zero attached hydrogens (tertiary/aromatic N) is 1. The number of rotatable bonds is 6. The maximum atomic E-state index is 13.4. The van der Waals surface area contributed by atoms with Gasteiger partial charge in [-0.25, -0.2) is 17.6 Å². The average Bonchev–Trinajstić information content (AvgIpc) is 2.59. The van der Waals surface area contributed by atoms with E-state index < -0.39 is 21.8 Å². The highest BCUT2D eigenvalue weighted by molar-refractivity contribution is 7.89. The standard InChI is InChI=1S/C16H23FN2O4S/c1-3-18-11-12-6-8-19(9-7-12)24(21,22)15-5-4-13(17)10-14(15)16(20)23-2/h4-5,10,12,18H,3,6-9,11H2,1-2H3. The van der Waals surface area contributed by atoms with Crippen LogP contribution in [0.25, 0.3) is 0 Å². The Morgan fingerprint density at radius 3 is 2.62 bits per heavy atom. The fourth-order valence-corrected chi connectivity index (χ4v) is 4.47. The number of sulfonamides is 1. The Kier molecular flexibility index (Phi) is 6.31. The van der Waals surface area contributed by atoms with E-state index in [9.17, 15) is 17.6 Å². The molecule has 0 unspecified atom stereocenters. The van der Waals surface area contributed by atoms with E-state index in [-0.39, 0.29) is 10.5 Å². The van der Waals surface area contributed by atoms with Crippen LogP contribution in [0, 0.1) is 11.7 Å². The molecule has 0 spiro atoms. The lowest BCUT2D eigenvalue weighted by Gasteiger charge is -2.31. The maximum absolute atomic E-state index is 13.4. The molecule has 1 aromatic carbocycles. The molecule has 1 aromatic rings. The Bertz CT molecular complexity index is 685. The maximum Gasteiger partial charge on any atom is 0.339 e. The van der Waals surface area contributed by atoms with E-state index in [0.29, 0.717) is 19.0 Å². The third-order valence-corrected chi connectivity index (χ3v) is 6.18. The van der Waals surface area contributed by atoms with E-state index in [1.54, 1.807) is 0 Å². The Balaban J connectivity index is 2.21. The molecule has 1 heterocycles. The van der Waals surface area contributed by atoms with Gasteiger partial charge in [-0.05, 0) is 50.0 Å². The van der Waals surface area contributed by atoms with Gasteiger partial charge in [0, 0.05) is 13.1 Å². The molecule has 1 saturated heterocycles. The minimum Gasteiger partial charge on any atom is -0.465 e. The van der Waals surface area contributed by atoms with Crippen LogP contribution in [0.5, 0.6) is 0 Å². The lowest BCUT2D eigenvalue weighted by atomic mass is 9.98. The van der Waals surface area contributed by atoms with Crippen molar-refractivity contribution in [2.24, 2.45) is 5.92 Å². The van der Waals surface area contributed by atoms with Crippen molar-refractivity contribution in [3.63, 3.8) is 0 Å². The van der Waals surface area contributed by atoms with Gasteiger partial charge >= 0.3 is 5.97 Å². The number of hydrogen-bond acceptors (Lipinski definition) is 5.